The normalized spacial score (nSPS) is 16.6. The molecule has 2 heterocycles. The zero-order chi connectivity index (χ0) is 17.8. The quantitative estimate of drug-likeness (QED) is 0.905. The van der Waals surface area contributed by atoms with Gasteiger partial charge < -0.3 is 14.5 Å². The van der Waals surface area contributed by atoms with Crippen molar-refractivity contribution in [3.8, 4) is 0 Å². The maximum Gasteiger partial charge on any atom is 0.254 e. The first kappa shape index (κ1) is 17.6. The molecule has 1 aromatic carbocycles. The Labute approximate surface area is 146 Å². The molecule has 2 aromatic rings. The molecule has 5 nitrogen and oxygen atoms in total. The number of ether oxygens (including phenoxy) is 1. The van der Waals surface area contributed by atoms with Crippen molar-refractivity contribution < 1.29 is 18.3 Å². The highest BCUT2D eigenvalue weighted by Crippen LogP contribution is 2.22. The predicted molar refractivity (Wildman–Crippen MR) is 92.0 cm³/mol. The number of morpholine rings is 1. The number of nitrogens with zero attached hydrogens (tertiary/aromatic N) is 1. The van der Waals surface area contributed by atoms with Crippen molar-refractivity contribution in [2.75, 3.05) is 32.8 Å². The fraction of sp³-hybridized carbons (Fsp3) is 0.421. The number of nitrogens with one attached hydrogen (secondary N) is 1. The summed E-state index contributed by atoms with van der Waals surface area (Å²) in [5, 5.41) is 2.99. The molecule has 0 spiro atoms. The topological polar surface area (TPSA) is 54.7 Å². The van der Waals surface area contributed by atoms with Crippen LogP contribution in [-0.4, -0.2) is 43.7 Å². The lowest BCUT2D eigenvalue weighted by molar-refractivity contribution is 0.0162. The maximum atomic E-state index is 13.3. The number of aryl methyl sites for hydroxylation is 2. The van der Waals surface area contributed by atoms with Crippen LogP contribution in [0.4, 0.5) is 4.39 Å². The van der Waals surface area contributed by atoms with Crippen molar-refractivity contribution in [1.82, 2.24) is 10.2 Å². The van der Waals surface area contributed by atoms with E-state index in [2.05, 4.69) is 10.2 Å². The van der Waals surface area contributed by atoms with E-state index in [1.807, 2.05) is 6.92 Å². The van der Waals surface area contributed by atoms with Gasteiger partial charge in [-0.15, -0.1) is 0 Å². The number of benzene rings is 1. The third-order valence-corrected chi connectivity index (χ3v) is 4.48. The van der Waals surface area contributed by atoms with Gasteiger partial charge in [-0.1, -0.05) is 12.1 Å². The van der Waals surface area contributed by atoms with Gasteiger partial charge in [0.1, 0.15) is 17.3 Å². The van der Waals surface area contributed by atoms with Crippen molar-refractivity contribution in [3.63, 3.8) is 0 Å². The Kier molecular flexibility index (Phi) is 5.50. The molecule has 1 aliphatic heterocycles. The van der Waals surface area contributed by atoms with E-state index in [1.165, 1.54) is 12.1 Å². The molecule has 0 aliphatic carbocycles. The van der Waals surface area contributed by atoms with Crippen LogP contribution in [0.2, 0.25) is 0 Å². The smallest absolute Gasteiger partial charge is 0.254 e. The molecule has 1 fully saturated rings. The molecule has 1 amide bonds. The average Bonchev–Trinajstić information content (AvgIpc) is 2.96. The summed E-state index contributed by atoms with van der Waals surface area (Å²) >= 11 is 0. The molecule has 0 saturated carbocycles. The number of rotatable bonds is 5. The van der Waals surface area contributed by atoms with Gasteiger partial charge in [0.2, 0.25) is 0 Å². The molecule has 25 heavy (non-hydrogen) atoms. The van der Waals surface area contributed by atoms with Gasteiger partial charge in [0.25, 0.3) is 5.91 Å². The number of halogens is 1. The molecule has 1 aromatic heterocycles. The van der Waals surface area contributed by atoms with Crippen LogP contribution in [0.1, 0.15) is 33.5 Å². The SMILES string of the molecule is Cc1cc(C(=O)NCC(c2ccc(F)cc2)N2CCOCC2)c(C)o1. The van der Waals surface area contributed by atoms with Crippen LogP contribution in [0.5, 0.6) is 0 Å². The summed E-state index contributed by atoms with van der Waals surface area (Å²) < 4.78 is 24.1. The van der Waals surface area contributed by atoms with Gasteiger partial charge in [-0.25, -0.2) is 4.39 Å². The van der Waals surface area contributed by atoms with Crippen LogP contribution in [0.15, 0.2) is 34.7 Å². The summed E-state index contributed by atoms with van der Waals surface area (Å²) in [6.07, 6.45) is 0. The Morgan fingerprint density at radius 2 is 1.92 bits per heavy atom. The van der Waals surface area contributed by atoms with Crippen LogP contribution in [0, 0.1) is 19.7 Å². The largest absolute Gasteiger partial charge is 0.466 e. The minimum absolute atomic E-state index is 0.0262. The monoisotopic (exact) mass is 346 g/mol. The van der Waals surface area contributed by atoms with Crippen LogP contribution in [-0.2, 0) is 4.74 Å². The molecule has 3 rings (SSSR count). The lowest BCUT2D eigenvalue weighted by Crippen LogP contribution is -2.43. The van der Waals surface area contributed by atoms with E-state index in [4.69, 9.17) is 9.15 Å². The van der Waals surface area contributed by atoms with Crippen molar-refractivity contribution in [2.24, 2.45) is 0 Å². The third-order valence-electron chi connectivity index (χ3n) is 4.48. The zero-order valence-electron chi connectivity index (χ0n) is 14.5. The molecule has 6 heteroatoms. The van der Waals surface area contributed by atoms with Gasteiger partial charge >= 0.3 is 0 Å². The maximum absolute atomic E-state index is 13.3. The summed E-state index contributed by atoms with van der Waals surface area (Å²) in [6, 6.07) is 8.17. The first-order valence-electron chi connectivity index (χ1n) is 8.47. The van der Waals surface area contributed by atoms with Gasteiger partial charge in [0, 0.05) is 19.6 Å². The Balaban J connectivity index is 1.74. The summed E-state index contributed by atoms with van der Waals surface area (Å²) in [4.78, 5) is 14.7. The minimum Gasteiger partial charge on any atom is -0.466 e. The number of carbonyl (C=O) groups excluding carboxylic acids is 1. The Morgan fingerprint density at radius 1 is 1.24 bits per heavy atom. The van der Waals surface area contributed by atoms with E-state index in [1.54, 1.807) is 25.1 Å². The molecule has 1 aliphatic rings. The Morgan fingerprint density at radius 3 is 2.52 bits per heavy atom. The van der Waals surface area contributed by atoms with Crippen molar-refractivity contribution in [1.29, 1.82) is 0 Å². The molecule has 0 radical (unpaired) electrons. The second-order valence-electron chi connectivity index (χ2n) is 6.25. The lowest BCUT2D eigenvalue weighted by atomic mass is 10.0. The summed E-state index contributed by atoms with van der Waals surface area (Å²) in [5.41, 5.74) is 1.53. The van der Waals surface area contributed by atoms with E-state index >= 15 is 0 Å². The highest BCUT2D eigenvalue weighted by molar-refractivity contribution is 5.95. The van der Waals surface area contributed by atoms with Crippen molar-refractivity contribution in [2.45, 2.75) is 19.9 Å². The molecule has 1 unspecified atom stereocenters. The lowest BCUT2D eigenvalue weighted by Gasteiger charge is -2.35. The highest BCUT2D eigenvalue weighted by atomic mass is 19.1. The van der Waals surface area contributed by atoms with E-state index in [9.17, 15) is 9.18 Å². The second kappa shape index (κ2) is 7.80. The molecule has 1 atom stereocenters. The van der Waals surface area contributed by atoms with Crippen LogP contribution in [0.3, 0.4) is 0 Å². The first-order chi connectivity index (χ1) is 12.0. The molecule has 1 N–H and O–H groups in total. The van der Waals surface area contributed by atoms with Crippen LogP contribution in [0.25, 0.3) is 0 Å². The van der Waals surface area contributed by atoms with Gasteiger partial charge in [-0.05, 0) is 37.6 Å². The third kappa shape index (κ3) is 4.27. The van der Waals surface area contributed by atoms with E-state index in [-0.39, 0.29) is 17.8 Å². The Hall–Kier alpha value is -2.18. The average molecular weight is 346 g/mol. The molecule has 0 bridgehead atoms. The zero-order valence-corrected chi connectivity index (χ0v) is 14.5. The van der Waals surface area contributed by atoms with E-state index in [0.29, 0.717) is 36.8 Å². The number of furan rings is 1. The fourth-order valence-electron chi connectivity index (χ4n) is 3.17. The van der Waals surface area contributed by atoms with Gasteiger partial charge in [0.15, 0.2) is 0 Å². The molecular formula is C19H23FN2O3. The first-order valence-corrected chi connectivity index (χ1v) is 8.47. The van der Waals surface area contributed by atoms with Crippen molar-refractivity contribution in [3.05, 3.63) is 58.8 Å². The second-order valence-corrected chi connectivity index (χ2v) is 6.25. The van der Waals surface area contributed by atoms with Gasteiger partial charge in [0.05, 0.1) is 24.8 Å². The van der Waals surface area contributed by atoms with Gasteiger partial charge in [-0.2, -0.15) is 0 Å². The van der Waals surface area contributed by atoms with E-state index < -0.39 is 0 Å². The van der Waals surface area contributed by atoms with Gasteiger partial charge in [-0.3, -0.25) is 9.69 Å². The minimum atomic E-state index is -0.266. The van der Waals surface area contributed by atoms with E-state index in [0.717, 1.165) is 18.7 Å². The highest BCUT2D eigenvalue weighted by Gasteiger charge is 2.24. The summed E-state index contributed by atoms with van der Waals surface area (Å²) in [7, 11) is 0. The predicted octanol–water partition coefficient (Wildman–Crippen LogP) is 2.84. The molecule has 134 valence electrons. The van der Waals surface area contributed by atoms with Crippen molar-refractivity contribution >= 4 is 5.91 Å². The summed E-state index contributed by atoms with van der Waals surface area (Å²) in [6.45, 7) is 6.91. The Bertz CT molecular complexity index is 721. The number of amides is 1. The standard InChI is InChI=1S/C19H23FN2O3/c1-13-11-17(14(2)25-13)19(23)21-12-18(22-7-9-24-10-8-22)15-3-5-16(20)6-4-15/h3-6,11,18H,7-10,12H2,1-2H3,(H,21,23). The van der Waals surface area contributed by atoms with Crippen LogP contribution < -0.4 is 5.32 Å². The number of carbonyl (C=O) groups is 1. The fourth-order valence-corrected chi connectivity index (χ4v) is 3.17. The number of hydrogen-bond acceptors (Lipinski definition) is 4. The number of hydrogen-bond donors (Lipinski definition) is 1. The molecule has 1 saturated heterocycles. The summed E-state index contributed by atoms with van der Waals surface area (Å²) in [5.74, 6) is 0.901. The van der Waals surface area contributed by atoms with Crippen LogP contribution >= 0.6 is 0 Å². The molecular weight excluding hydrogens is 323 g/mol.